The number of aromatic nitrogens is 5. The largest absolute Gasteiger partial charge is 0.308 e. The Labute approximate surface area is 134 Å². The Kier molecular flexibility index (Phi) is 3.95. The molecule has 3 rings (SSSR count). The molecule has 0 saturated heterocycles. The van der Waals surface area contributed by atoms with E-state index in [1.807, 2.05) is 12.5 Å². The smallest absolute Gasteiger partial charge is 0.164 e. The Hall–Kier alpha value is -1.82. The van der Waals surface area contributed by atoms with Gasteiger partial charge in [0.15, 0.2) is 5.65 Å². The summed E-state index contributed by atoms with van der Waals surface area (Å²) < 4.78 is 6.32. The monoisotopic (exact) mass is 315 g/mol. The van der Waals surface area contributed by atoms with Crippen LogP contribution in [0.2, 0.25) is 0 Å². The Morgan fingerprint density at radius 1 is 1.05 bits per heavy atom. The van der Waals surface area contributed by atoms with Crippen LogP contribution in [0.15, 0.2) is 17.9 Å². The van der Waals surface area contributed by atoms with Gasteiger partial charge in [0.1, 0.15) is 11.3 Å². The van der Waals surface area contributed by atoms with E-state index < -0.39 is 0 Å². The van der Waals surface area contributed by atoms with Crippen LogP contribution in [0.5, 0.6) is 0 Å². The minimum absolute atomic E-state index is 0.165. The van der Waals surface area contributed by atoms with Crippen LogP contribution < -0.4 is 0 Å². The standard InChI is InChI=1S/C16H21N5S/c1-9(2)13-14-16(20-15(19-13)10(3)4)21(8-17-14)11(5)12-6-18-22-7-12/h6-11H,1-5H3. The molecule has 3 aromatic heterocycles. The highest BCUT2D eigenvalue weighted by Gasteiger charge is 2.20. The molecule has 0 radical (unpaired) electrons. The first kappa shape index (κ1) is 15.1. The molecule has 1 atom stereocenters. The lowest BCUT2D eigenvalue weighted by Gasteiger charge is -2.14. The minimum atomic E-state index is 0.165. The third-order valence-corrected chi connectivity index (χ3v) is 4.48. The quantitative estimate of drug-likeness (QED) is 0.726. The zero-order valence-corrected chi connectivity index (χ0v) is 14.4. The van der Waals surface area contributed by atoms with Gasteiger partial charge >= 0.3 is 0 Å². The minimum Gasteiger partial charge on any atom is -0.308 e. The Balaban J connectivity index is 2.20. The molecular weight excluding hydrogens is 294 g/mol. The van der Waals surface area contributed by atoms with Gasteiger partial charge in [-0.15, -0.1) is 0 Å². The van der Waals surface area contributed by atoms with Crippen molar-refractivity contribution in [3.05, 3.63) is 35.0 Å². The van der Waals surface area contributed by atoms with Gasteiger partial charge in [-0.25, -0.2) is 19.3 Å². The van der Waals surface area contributed by atoms with Gasteiger partial charge in [-0.3, -0.25) is 0 Å². The Morgan fingerprint density at radius 2 is 1.82 bits per heavy atom. The van der Waals surface area contributed by atoms with E-state index in [9.17, 15) is 0 Å². The molecule has 0 aromatic carbocycles. The van der Waals surface area contributed by atoms with E-state index in [1.165, 1.54) is 17.1 Å². The van der Waals surface area contributed by atoms with Crippen LogP contribution in [0.3, 0.4) is 0 Å². The summed E-state index contributed by atoms with van der Waals surface area (Å²) in [5.74, 6) is 1.50. The summed E-state index contributed by atoms with van der Waals surface area (Å²) in [6.45, 7) is 10.7. The second kappa shape index (κ2) is 5.76. The van der Waals surface area contributed by atoms with Crippen LogP contribution in [-0.2, 0) is 0 Å². The molecular formula is C16H21N5S. The molecule has 6 heteroatoms. The first-order chi connectivity index (χ1) is 10.5. The molecule has 22 heavy (non-hydrogen) atoms. The second-order valence-electron chi connectivity index (χ2n) is 6.23. The summed E-state index contributed by atoms with van der Waals surface area (Å²) in [7, 11) is 0. The number of hydrogen-bond acceptors (Lipinski definition) is 5. The normalized spacial score (nSPS) is 13.4. The first-order valence-corrected chi connectivity index (χ1v) is 8.46. The Bertz CT molecular complexity index is 773. The lowest BCUT2D eigenvalue weighted by molar-refractivity contribution is 0.648. The van der Waals surface area contributed by atoms with Crippen molar-refractivity contribution in [3.63, 3.8) is 0 Å². The van der Waals surface area contributed by atoms with Crippen molar-refractivity contribution in [2.24, 2.45) is 0 Å². The van der Waals surface area contributed by atoms with Crippen molar-refractivity contribution >= 4 is 22.7 Å². The molecule has 0 aliphatic carbocycles. The highest BCUT2D eigenvalue weighted by atomic mass is 32.1. The molecule has 0 amide bonds. The highest BCUT2D eigenvalue weighted by Crippen LogP contribution is 2.28. The third-order valence-electron chi connectivity index (χ3n) is 3.88. The van der Waals surface area contributed by atoms with E-state index in [1.54, 1.807) is 0 Å². The number of hydrogen-bond donors (Lipinski definition) is 0. The predicted octanol–water partition coefficient (Wildman–Crippen LogP) is 4.14. The van der Waals surface area contributed by atoms with Gasteiger partial charge in [0.05, 0.1) is 18.1 Å². The predicted molar refractivity (Wildman–Crippen MR) is 89.4 cm³/mol. The highest BCUT2D eigenvalue weighted by molar-refractivity contribution is 7.03. The maximum Gasteiger partial charge on any atom is 0.164 e. The number of fused-ring (bicyclic) bond motifs is 1. The molecule has 116 valence electrons. The third kappa shape index (κ3) is 2.52. The van der Waals surface area contributed by atoms with E-state index in [0.29, 0.717) is 11.8 Å². The van der Waals surface area contributed by atoms with E-state index in [-0.39, 0.29) is 6.04 Å². The van der Waals surface area contributed by atoms with Gasteiger partial charge in [0.2, 0.25) is 0 Å². The molecule has 1 unspecified atom stereocenters. The molecule has 0 aliphatic rings. The summed E-state index contributed by atoms with van der Waals surface area (Å²) in [5.41, 5.74) is 4.04. The molecule has 0 aliphatic heterocycles. The number of rotatable bonds is 4. The summed E-state index contributed by atoms with van der Waals surface area (Å²) in [6, 6.07) is 0.165. The average Bonchev–Trinajstić information content (AvgIpc) is 3.14. The molecule has 0 spiro atoms. The molecule has 3 aromatic rings. The van der Waals surface area contributed by atoms with Gasteiger partial charge in [-0.2, -0.15) is 0 Å². The number of imidazole rings is 1. The summed E-state index contributed by atoms with van der Waals surface area (Å²) >= 11 is 1.47. The van der Waals surface area contributed by atoms with Crippen LogP contribution in [0.1, 0.15) is 69.6 Å². The Morgan fingerprint density at radius 3 is 2.41 bits per heavy atom. The van der Waals surface area contributed by atoms with Crippen LogP contribution in [0.4, 0.5) is 0 Å². The van der Waals surface area contributed by atoms with Crippen LogP contribution in [0.25, 0.3) is 11.2 Å². The van der Waals surface area contributed by atoms with E-state index in [2.05, 4.69) is 53.9 Å². The van der Waals surface area contributed by atoms with E-state index in [4.69, 9.17) is 9.97 Å². The SMILES string of the molecule is CC(C)c1nc(C(C)C)c2ncn(C(C)c3cnsc3)c2n1. The fourth-order valence-electron chi connectivity index (χ4n) is 2.48. The van der Waals surface area contributed by atoms with Crippen LogP contribution >= 0.6 is 11.5 Å². The van der Waals surface area contributed by atoms with Gasteiger partial charge in [0, 0.05) is 23.1 Å². The fourth-order valence-corrected chi connectivity index (χ4v) is 3.10. The molecule has 3 heterocycles. The maximum atomic E-state index is 4.78. The molecule has 0 bridgehead atoms. The fraction of sp³-hybridized carbons (Fsp3) is 0.500. The maximum absolute atomic E-state index is 4.78. The van der Waals surface area contributed by atoms with Gasteiger partial charge < -0.3 is 4.57 Å². The van der Waals surface area contributed by atoms with Gasteiger partial charge in [-0.05, 0) is 24.4 Å². The molecule has 0 fully saturated rings. The lowest BCUT2D eigenvalue weighted by Crippen LogP contribution is -2.09. The van der Waals surface area contributed by atoms with Gasteiger partial charge in [-0.1, -0.05) is 27.7 Å². The van der Waals surface area contributed by atoms with Crippen LogP contribution in [0, 0.1) is 0 Å². The average molecular weight is 315 g/mol. The van der Waals surface area contributed by atoms with Crippen molar-refractivity contribution in [2.75, 3.05) is 0 Å². The van der Waals surface area contributed by atoms with Gasteiger partial charge in [0.25, 0.3) is 0 Å². The lowest BCUT2D eigenvalue weighted by atomic mass is 10.1. The van der Waals surface area contributed by atoms with Crippen molar-refractivity contribution in [1.82, 2.24) is 23.9 Å². The summed E-state index contributed by atoms with van der Waals surface area (Å²) in [4.78, 5) is 14.1. The molecule has 0 N–H and O–H groups in total. The first-order valence-electron chi connectivity index (χ1n) is 7.62. The van der Waals surface area contributed by atoms with E-state index >= 15 is 0 Å². The number of nitrogens with zero attached hydrogens (tertiary/aromatic N) is 5. The van der Waals surface area contributed by atoms with Crippen molar-refractivity contribution in [3.8, 4) is 0 Å². The van der Waals surface area contributed by atoms with Crippen LogP contribution in [-0.4, -0.2) is 23.9 Å². The molecule has 0 saturated carbocycles. The summed E-state index contributed by atoms with van der Waals surface area (Å²) in [6.07, 6.45) is 3.78. The van der Waals surface area contributed by atoms with Crippen molar-refractivity contribution in [1.29, 1.82) is 0 Å². The molecule has 5 nitrogen and oxygen atoms in total. The van der Waals surface area contributed by atoms with Crippen molar-refractivity contribution < 1.29 is 0 Å². The van der Waals surface area contributed by atoms with Crippen molar-refractivity contribution in [2.45, 2.75) is 52.5 Å². The summed E-state index contributed by atoms with van der Waals surface area (Å²) in [5, 5.41) is 2.07. The zero-order chi connectivity index (χ0) is 15.9. The van der Waals surface area contributed by atoms with E-state index in [0.717, 1.165) is 22.7 Å². The topological polar surface area (TPSA) is 56.5 Å². The zero-order valence-electron chi connectivity index (χ0n) is 13.6. The second-order valence-corrected chi connectivity index (χ2v) is 6.89.